The summed E-state index contributed by atoms with van der Waals surface area (Å²) in [5.74, 6) is -0.0579. The molecule has 0 unspecified atom stereocenters. The molecule has 0 fully saturated rings. The number of hydrogen-bond acceptors (Lipinski definition) is 6. The summed E-state index contributed by atoms with van der Waals surface area (Å²) < 4.78 is 31.1. The van der Waals surface area contributed by atoms with E-state index in [4.69, 9.17) is 5.26 Å². The van der Waals surface area contributed by atoms with Crippen LogP contribution in [0.1, 0.15) is 16.8 Å². The number of fused-ring (bicyclic) bond motifs is 1. The second-order valence-electron chi connectivity index (χ2n) is 6.97. The average Bonchev–Trinajstić information content (AvgIpc) is 2.98. The van der Waals surface area contributed by atoms with Gasteiger partial charge in [-0.3, -0.25) is 14.5 Å². The molecule has 4 rings (SSSR count). The Bertz CT molecular complexity index is 1330. The number of aromatic nitrogens is 4. The van der Waals surface area contributed by atoms with Gasteiger partial charge in [-0.2, -0.15) is 14.0 Å². The minimum absolute atomic E-state index is 0.00728. The van der Waals surface area contributed by atoms with E-state index in [-0.39, 0.29) is 18.1 Å². The van der Waals surface area contributed by atoms with E-state index in [1.165, 1.54) is 18.5 Å². The number of pyridine rings is 3. The Kier molecular flexibility index (Phi) is 5.21. The quantitative estimate of drug-likeness (QED) is 0.511. The fraction of sp³-hybridized carbons (Fsp3) is 0.182. The van der Waals surface area contributed by atoms with Crippen molar-refractivity contribution in [3.05, 3.63) is 59.8 Å². The first-order chi connectivity index (χ1) is 14.9. The van der Waals surface area contributed by atoms with Gasteiger partial charge in [-0.25, -0.2) is 4.98 Å². The zero-order chi connectivity index (χ0) is 22.1. The van der Waals surface area contributed by atoms with Gasteiger partial charge in [-0.15, -0.1) is 0 Å². The summed E-state index contributed by atoms with van der Waals surface area (Å²) in [4.78, 5) is 12.8. The maximum Gasteiger partial charge on any atom is 0.387 e. The molecule has 0 atom stereocenters. The van der Waals surface area contributed by atoms with Crippen molar-refractivity contribution in [2.24, 2.45) is 0 Å². The molecule has 1 N–H and O–H groups in total. The van der Waals surface area contributed by atoms with Gasteiger partial charge in [0.25, 0.3) is 0 Å². The Morgan fingerprint density at radius 1 is 1.13 bits per heavy atom. The molecule has 0 amide bonds. The molecular weight excluding hydrogens is 404 g/mol. The van der Waals surface area contributed by atoms with Gasteiger partial charge in [0.15, 0.2) is 0 Å². The number of rotatable bonds is 5. The maximum absolute atomic E-state index is 12.5. The van der Waals surface area contributed by atoms with Crippen LogP contribution in [-0.2, 0) is 6.42 Å². The highest BCUT2D eigenvalue weighted by Crippen LogP contribution is 2.37. The first-order valence-corrected chi connectivity index (χ1v) is 9.32. The van der Waals surface area contributed by atoms with Gasteiger partial charge in [-0.1, -0.05) is 0 Å². The number of aryl methyl sites for hydroxylation is 2. The molecule has 0 radical (unpaired) electrons. The van der Waals surface area contributed by atoms with Crippen molar-refractivity contribution in [2.75, 3.05) is 0 Å². The molecule has 156 valence electrons. The SMILES string of the molecule is Cc1cc(-c2cncc(OC(F)F)c2)nc2c(C)n(-c3cncc(CC#N)c3)c(O)c12. The summed E-state index contributed by atoms with van der Waals surface area (Å²) in [7, 11) is 0. The summed E-state index contributed by atoms with van der Waals surface area (Å²) in [6.07, 6.45) is 6.11. The van der Waals surface area contributed by atoms with E-state index < -0.39 is 6.61 Å². The van der Waals surface area contributed by atoms with Crippen LogP contribution >= 0.6 is 0 Å². The fourth-order valence-electron chi connectivity index (χ4n) is 3.57. The lowest BCUT2D eigenvalue weighted by Crippen LogP contribution is -2.02. The highest BCUT2D eigenvalue weighted by atomic mass is 19.3. The molecule has 4 aromatic heterocycles. The third kappa shape index (κ3) is 3.75. The minimum atomic E-state index is -2.95. The summed E-state index contributed by atoms with van der Waals surface area (Å²) in [6.45, 7) is 0.686. The van der Waals surface area contributed by atoms with Crippen LogP contribution in [0.15, 0.2) is 43.0 Å². The largest absolute Gasteiger partial charge is 0.494 e. The molecule has 0 saturated heterocycles. The highest BCUT2D eigenvalue weighted by molar-refractivity contribution is 5.93. The molecular formula is C22H17F2N5O2. The summed E-state index contributed by atoms with van der Waals surface area (Å²) in [6, 6.07) is 7.06. The first-order valence-electron chi connectivity index (χ1n) is 9.32. The lowest BCUT2D eigenvalue weighted by Gasteiger charge is -2.08. The van der Waals surface area contributed by atoms with E-state index >= 15 is 0 Å². The van der Waals surface area contributed by atoms with Gasteiger partial charge < -0.3 is 9.84 Å². The smallest absolute Gasteiger partial charge is 0.387 e. The van der Waals surface area contributed by atoms with Gasteiger partial charge in [0.05, 0.1) is 47.2 Å². The second kappa shape index (κ2) is 7.99. The van der Waals surface area contributed by atoms with Crippen LogP contribution in [0.4, 0.5) is 8.78 Å². The molecule has 0 aliphatic heterocycles. The molecule has 0 aliphatic rings. The maximum atomic E-state index is 12.5. The molecule has 7 nitrogen and oxygen atoms in total. The van der Waals surface area contributed by atoms with E-state index in [1.807, 2.05) is 13.8 Å². The van der Waals surface area contributed by atoms with Crippen molar-refractivity contribution < 1.29 is 18.6 Å². The highest BCUT2D eigenvalue weighted by Gasteiger charge is 2.20. The van der Waals surface area contributed by atoms with E-state index in [0.717, 1.165) is 11.1 Å². The van der Waals surface area contributed by atoms with Crippen LogP contribution < -0.4 is 4.74 Å². The zero-order valence-electron chi connectivity index (χ0n) is 16.7. The molecule has 0 saturated carbocycles. The topological polar surface area (TPSA) is 96.9 Å². The molecule has 9 heteroatoms. The Balaban J connectivity index is 1.87. The molecule has 0 spiro atoms. The van der Waals surface area contributed by atoms with Crippen molar-refractivity contribution >= 4 is 10.9 Å². The first kappa shape index (κ1) is 20.2. The van der Waals surface area contributed by atoms with Crippen molar-refractivity contribution in [1.29, 1.82) is 5.26 Å². The normalized spacial score (nSPS) is 11.1. The van der Waals surface area contributed by atoms with E-state index in [0.29, 0.717) is 33.5 Å². The van der Waals surface area contributed by atoms with Gasteiger partial charge in [-0.05, 0) is 43.2 Å². The number of ether oxygens (including phenoxy) is 1. The summed E-state index contributed by atoms with van der Waals surface area (Å²) >= 11 is 0. The summed E-state index contributed by atoms with van der Waals surface area (Å²) in [5.41, 5.74) is 4.32. The molecule has 0 aromatic carbocycles. The number of halogens is 2. The van der Waals surface area contributed by atoms with E-state index in [1.54, 1.807) is 29.1 Å². The monoisotopic (exact) mass is 421 g/mol. The van der Waals surface area contributed by atoms with Gasteiger partial charge in [0.1, 0.15) is 5.75 Å². The number of alkyl halides is 2. The summed E-state index contributed by atoms with van der Waals surface area (Å²) in [5, 5.41) is 20.5. The predicted molar refractivity (Wildman–Crippen MR) is 109 cm³/mol. The zero-order valence-corrected chi connectivity index (χ0v) is 16.7. The minimum Gasteiger partial charge on any atom is -0.494 e. The van der Waals surface area contributed by atoms with Crippen molar-refractivity contribution in [3.63, 3.8) is 0 Å². The van der Waals surface area contributed by atoms with Crippen LogP contribution in [0.5, 0.6) is 11.6 Å². The number of hydrogen-bond donors (Lipinski definition) is 1. The van der Waals surface area contributed by atoms with Crippen LogP contribution in [0.3, 0.4) is 0 Å². The fourth-order valence-corrected chi connectivity index (χ4v) is 3.57. The number of aromatic hydroxyl groups is 1. The third-order valence-electron chi connectivity index (χ3n) is 4.89. The predicted octanol–water partition coefficient (Wildman–Crippen LogP) is 4.47. The molecule has 31 heavy (non-hydrogen) atoms. The molecule has 0 aliphatic carbocycles. The standard InChI is InChI=1S/C22H17F2N5O2/c1-12-5-18(15-7-17(11-27-9-15)31-22(23)24)28-20-13(2)29(21(30)19(12)20)16-6-14(3-4-25)8-26-10-16/h5-11,22,30H,3H2,1-2H3. The number of nitrogens with zero attached hydrogens (tertiary/aromatic N) is 5. The Morgan fingerprint density at radius 2 is 1.90 bits per heavy atom. The van der Waals surface area contributed by atoms with Gasteiger partial charge in [0, 0.05) is 23.7 Å². The van der Waals surface area contributed by atoms with Crippen LogP contribution in [0, 0.1) is 25.2 Å². The van der Waals surface area contributed by atoms with Crippen molar-refractivity contribution in [2.45, 2.75) is 26.9 Å². The van der Waals surface area contributed by atoms with Gasteiger partial charge >= 0.3 is 6.61 Å². The van der Waals surface area contributed by atoms with Gasteiger partial charge in [0.2, 0.25) is 5.88 Å². The van der Waals surface area contributed by atoms with Crippen molar-refractivity contribution in [1.82, 2.24) is 19.5 Å². The second-order valence-corrected chi connectivity index (χ2v) is 6.97. The lowest BCUT2D eigenvalue weighted by molar-refractivity contribution is -0.0500. The Hall–Kier alpha value is -4.06. The van der Waals surface area contributed by atoms with Crippen LogP contribution in [0.25, 0.3) is 27.8 Å². The third-order valence-corrected chi connectivity index (χ3v) is 4.89. The van der Waals surface area contributed by atoms with E-state index in [9.17, 15) is 13.9 Å². The van der Waals surface area contributed by atoms with Crippen molar-refractivity contribution in [3.8, 4) is 34.6 Å². The molecule has 4 aromatic rings. The average molecular weight is 421 g/mol. The molecule has 0 bridgehead atoms. The van der Waals surface area contributed by atoms with E-state index in [2.05, 4.69) is 25.8 Å². The Morgan fingerprint density at radius 3 is 2.65 bits per heavy atom. The Labute approximate surface area is 176 Å². The number of nitriles is 1. The lowest BCUT2D eigenvalue weighted by atomic mass is 10.1. The van der Waals surface area contributed by atoms with Crippen LogP contribution in [-0.4, -0.2) is 31.2 Å². The molecule has 4 heterocycles. The van der Waals surface area contributed by atoms with Crippen LogP contribution in [0.2, 0.25) is 0 Å².